The van der Waals surface area contributed by atoms with Gasteiger partial charge in [-0.1, -0.05) is 274 Å². The Hall–Kier alpha value is 1.07. The summed E-state index contributed by atoms with van der Waals surface area (Å²) in [6.45, 7) is 64.4. The van der Waals surface area contributed by atoms with Crippen LogP contribution >= 0.6 is 15.9 Å². The average molecular weight is 1990 g/mol. The zero-order valence-corrected chi connectivity index (χ0v) is 99.7. The maximum Gasteiger partial charge on any atom is 0.119 e. The Balaban J connectivity index is 0.000000104. The van der Waals surface area contributed by atoms with Crippen LogP contribution in [-0.2, 0) is 4.74 Å². The normalized spacial score (nSPS) is 50.8. The fourth-order valence-electron chi connectivity index (χ4n) is 44.5. The third-order valence-corrected chi connectivity index (χ3v) is 55.6. The summed E-state index contributed by atoms with van der Waals surface area (Å²) >= 11 is 3.93. The van der Waals surface area contributed by atoms with E-state index in [-0.39, 0.29) is 0 Å². The predicted molar refractivity (Wildman–Crippen MR) is 592 cm³/mol. The van der Waals surface area contributed by atoms with Gasteiger partial charge in [-0.05, 0) is 425 Å². The summed E-state index contributed by atoms with van der Waals surface area (Å²) in [7, 11) is 2.51. The van der Waals surface area contributed by atoms with Gasteiger partial charge in [-0.15, -0.1) is 0 Å². The molecule has 24 fully saturated rings. The van der Waals surface area contributed by atoms with E-state index in [1.807, 2.05) is 7.11 Å². The number of halogens is 1. The van der Waals surface area contributed by atoms with Crippen LogP contribution in [0.15, 0.2) is 0 Å². The van der Waals surface area contributed by atoms with Crippen LogP contribution in [-0.4, -0.2) is 185 Å². The lowest BCUT2D eigenvalue weighted by Crippen LogP contribution is -2.56. The van der Waals surface area contributed by atoms with Crippen molar-refractivity contribution < 1.29 is 4.74 Å². The molecule has 0 aromatic rings. The highest BCUT2D eigenvalue weighted by Gasteiger charge is 2.69. The molecule has 6 saturated heterocycles. The second-order valence-corrected chi connectivity index (χ2v) is 84.7. The van der Waals surface area contributed by atoms with Crippen LogP contribution in [0.1, 0.15) is 366 Å². The van der Waals surface area contributed by atoms with Crippen LogP contribution in [0.25, 0.3) is 0 Å². The van der Waals surface area contributed by atoms with E-state index >= 15 is 0 Å². The highest BCUT2D eigenvalue weighted by molar-refractivity contribution is 9.09. The van der Waals surface area contributed by atoms with E-state index in [9.17, 15) is 0 Å². The van der Waals surface area contributed by atoms with Gasteiger partial charge < -0.3 is 9.30 Å². The molecule has 12 heteroatoms. The summed E-state index contributed by atoms with van der Waals surface area (Å²) in [5, 5.41) is 0. The van der Waals surface area contributed by atoms with Crippen molar-refractivity contribution in [2.24, 2.45) is 206 Å². The third-order valence-electron chi connectivity index (χ3n) is 48.7. The molecule has 0 N–H and O–H groups in total. The van der Waals surface area contributed by atoms with Crippen molar-refractivity contribution in [2.75, 3.05) is 39.7 Å². The fourth-order valence-corrected chi connectivity index (χ4v) is 52.4. The van der Waals surface area contributed by atoms with Gasteiger partial charge in [-0.25, -0.2) is 0 Å². The number of hydrogen-bond donors (Lipinski definition) is 0. The van der Waals surface area contributed by atoms with Crippen molar-refractivity contribution in [3.8, 4) is 0 Å². The molecule has 47 atom stereocenters. The molecule has 18 saturated carbocycles. The highest BCUT2D eigenvalue weighted by atomic mass is 79.9. The molecule has 0 radical (unpaired) electrons. The summed E-state index contributed by atoms with van der Waals surface area (Å²) in [4.78, 5) is 15.8. The van der Waals surface area contributed by atoms with Gasteiger partial charge in [0.05, 0.1) is 30.3 Å². The molecule has 6 aliphatic heterocycles. The average Bonchev–Trinajstić information content (AvgIpc) is 1.56. The van der Waals surface area contributed by atoms with Crippen LogP contribution in [0.4, 0.5) is 0 Å². The van der Waals surface area contributed by atoms with E-state index in [4.69, 9.17) is 4.74 Å². The SMILES string of the molecule is CC1C2CCCCC2C2C3CC(Br)CCC3N(C)C12.CC1C2CCCCC2C2C3CC(C(C)(C)C)CCC3N(C)C12.CC1C2CCCCC2C2C3CC(C(C)(C)C)CCC3N([Si](C)(C)C)C12.CC1C2CCCCC2C2C3CCCCC3N(C[Si](C)(C)C)C12.CC1CCC2C(C1)C1C3CCCCC3C(C)C1N2C[Si](C)(C)C.COC1CCC2C(C1)C1C3CCCCC3C(C)C1N2C[Si](C)(C)C. The van der Waals surface area contributed by atoms with Gasteiger partial charge in [0.2, 0.25) is 0 Å². The zero-order valence-electron chi connectivity index (χ0n) is 94.1. The molecule has 0 bridgehead atoms. The molecule has 18 aliphatic carbocycles. The van der Waals surface area contributed by atoms with Crippen LogP contribution < -0.4 is 0 Å². The first kappa shape index (κ1) is 105. The highest BCUT2D eigenvalue weighted by Crippen LogP contribution is 2.70. The van der Waals surface area contributed by atoms with Gasteiger partial charge in [0.15, 0.2) is 0 Å². The van der Waals surface area contributed by atoms with E-state index in [1.54, 1.807) is 64.2 Å². The third kappa shape index (κ3) is 20.0. The molecule has 0 spiro atoms. The van der Waals surface area contributed by atoms with E-state index < -0.39 is 32.5 Å². The lowest BCUT2D eigenvalue weighted by atomic mass is 9.63. The zero-order chi connectivity index (χ0) is 95.8. The first-order valence-corrected chi connectivity index (χ1v) is 77.1. The summed E-state index contributed by atoms with van der Waals surface area (Å²) in [5.41, 5.74) is 1.01. The maximum absolute atomic E-state index is 5.84. The van der Waals surface area contributed by atoms with E-state index in [0.29, 0.717) is 16.9 Å². The number of fused-ring (bicyclic) bond motifs is 30. The standard InChI is InChI=1S/C23H43NSi.C21H39NOSi.C21H39NSi.C21H37N.C20H37NSi.C17H28BrN/c1-15-17-10-8-9-11-18(17)21-19-14-16(23(2,3)4)12-13-20(19)24(22(15)21)25(5,6)7;1-14-16-8-6-7-9-17(16)20-18-12-15(23-2)10-11-19(18)22(21(14)20)13-24(3,4)5;1-14-10-11-19-18(12-14)20-17-9-7-6-8-16(17)15(2)21(20)22(19)13-23(3,4)5;1-13-15-8-6-7-9-16(15)19-17-12-14(21(2,3)4)10-11-18(17)22(5)20(13)19;1-14-15-9-5-6-10-16(15)19-17-11-7-8-12-18(17)21(20(14)19)13-22(2,3)4;1-10-12-5-3-4-6-13(12)16-14-9-11(18)7-8-15(14)19(2)17(10)16/h15-22H,8-14H2,1-7H3;14-21H,6-13H2,1-5H3;14-21H,6-13H2,1-5H3;13-20H,6-12H2,1-5H3;14-20H,5-13H2,1-4H3;10-17H,3-9H2,1-2H3. The molecule has 135 heavy (non-hydrogen) atoms. The molecular formula is C123H223BrN6OSi4. The largest absolute Gasteiger partial charge is 0.381 e. The number of rotatable bonds is 8. The Labute approximate surface area is 849 Å². The Morgan fingerprint density at radius 2 is 0.526 bits per heavy atom. The molecule has 0 amide bonds. The molecule has 774 valence electrons. The Morgan fingerprint density at radius 1 is 0.259 bits per heavy atom. The number of nitrogens with zero attached hydrogens (tertiary/aromatic N) is 6. The lowest BCUT2D eigenvalue weighted by molar-refractivity contribution is 0.0142. The van der Waals surface area contributed by atoms with Gasteiger partial charge >= 0.3 is 0 Å². The van der Waals surface area contributed by atoms with Crippen molar-refractivity contribution in [3.05, 3.63) is 0 Å². The predicted octanol–water partition coefficient (Wildman–Crippen LogP) is 31.3. The Morgan fingerprint density at radius 3 is 0.889 bits per heavy atom. The molecular weight excluding hydrogens is 1770 g/mol. The maximum atomic E-state index is 5.84. The van der Waals surface area contributed by atoms with Crippen LogP contribution in [0.3, 0.4) is 0 Å². The van der Waals surface area contributed by atoms with Gasteiger partial charge in [0.25, 0.3) is 0 Å². The number of alkyl halides is 1. The smallest absolute Gasteiger partial charge is 0.119 e. The minimum Gasteiger partial charge on any atom is -0.381 e. The topological polar surface area (TPSA) is 28.7 Å². The molecule has 6 heterocycles. The van der Waals surface area contributed by atoms with Crippen molar-refractivity contribution in [2.45, 2.75) is 528 Å². The lowest BCUT2D eigenvalue weighted by Gasteiger charge is -2.47. The minimum absolute atomic E-state index is 0.503. The first-order chi connectivity index (χ1) is 63.9. The second-order valence-electron chi connectivity index (χ2n) is 62.3. The number of ether oxygens (including phenoxy) is 1. The quantitative estimate of drug-likeness (QED) is 0.177. The van der Waals surface area contributed by atoms with Gasteiger partial charge in [-0.3, -0.25) is 24.5 Å². The summed E-state index contributed by atoms with van der Waals surface area (Å²) in [5.74, 6) is 33.8. The Bertz CT molecular complexity index is 3850. The van der Waals surface area contributed by atoms with Crippen molar-refractivity contribution in [3.63, 3.8) is 0 Å². The number of hydrogen-bond acceptors (Lipinski definition) is 7. The molecule has 7 nitrogen and oxygen atoms in total. The fraction of sp³-hybridized carbons (Fsp3) is 1.00. The first-order valence-electron chi connectivity index (χ1n) is 61.6. The van der Waals surface area contributed by atoms with Gasteiger partial charge in [0.1, 0.15) is 8.24 Å². The monoisotopic (exact) mass is 1990 g/mol. The van der Waals surface area contributed by atoms with Crippen LogP contribution in [0.5, 0.6) is 0 Å². The van der Waals surface area contributed by atoms with Gasteiger partial charge in [0, 0.05) is 84.4 Å². The molecule has 0 aromatic carbocycles. The van der Waals surface area contributed by atoms with Crippen molar-refractivity contribution >= 4 is 48.4 Å². The van der Waals surface area contributed by atoms with Crippen molar-refractivity contribution in [1.29, 1.82) is 0 Å². The summed E-state index contributed by atoms with van der Waals surface area (Å²) in [6, 6.07) is 11.2. The molecule has 0 aromatic heterocycles. The van der Waals surface area contributed by atoms with Crippen molar-refractivity contribution in [1.82, 2.24) is 29.1 Å². The van der Waals surface area contributed by atoms with Crippen LogP contribution in [0.2, 0.25) is 78.6 Å². The summed E-state index contributed by atoms with van der Waals surface area (Å²) < 4.78 is 9.04. The second kappa shape index (κ2) is 41.1. The molecule has 24 aliphatic rings. The number of methoxy groups -OCH3 is 1. The van der Waals surface area contributed by atoms with E-state index in [0.717, 1.165) is 273 Å². The summed E-state index contributed by atoms with van der Waals surface area (Å²) in [6.07, 6.45) is 69.5. The Kier molecular flexibility index (Phi) is 31.8. The molecule has 24 rings (SSSR count). The minimum atomic E-state index is -1.26. The van der Waals surface area contributed by atoms with Gasteiger partial charge in [-0.2, -0.15) is 0 Å². The van der Waals surface area contributed by atoms with E-state index in [1.165, 1.54) is 230 Å². The van der Waals surface area contributed by atoms with Crippen LogP contribution in [0, 0.1) is 206 Å². The molecule has 47 unspecified atom stereocenters. The number of likely N-dealkylation sites (tertiary alicyclic amines) is 5. The van der Waals surface area contributed by atoms with E-state index in [2.05, 4.69) is 228 Å².